The normalized spacial score (nSPS) is 10.8. The molecule has 0 aliphatic rings. The predicted octanol–water partition coefficient (Wildman–Crippen LogP) is 3.05. The molecule has 2 aromatic heterocycles. The molecule has 0 unspecified atom stereocenters. The van der Waals surface area contributed by atoms with Gasteiger partial charge in [-0.2, -0.15) is 10.2 Å². The maximum Gasteiger partial charge on any atom is 0.312 e. The van der Waals surface area contributed by atoms with Gasteiger partial charge in [0.15, 0.2) is 0 Å². The number of aryl methyl sites for hydroxylation is 1. The van der Waals surface area contributed by atoms with Gasteiger partial charge in [-0.1, -0.05) is 28.1 Å². The molecule has 140 valence electrons. The average Bonchev–Trinajstić information content (AvgIpc) is 3.13. The molecule has 0 radical (unpaired) electrons. The molecule has 0 aliphatic carbocycles. The zero-order valence-corrected chi connectivity index (χ0v) is 16.3. The van der Waals surface area contributed by atoms with E-state index in [4.69, 9.17) is 0 Å². The lowest BCUT2D eigenvalue weighted by atomic mass is 10.2. The highest BCUT2D eigenvalue weighted by Crippen LogP contribution is 2.21. The Morgan fingerprint density at radius 2 is 2.00 bits per heavy atom. The van der Waals surface area contributed by atoms with Crippen molar-refractivity contribution in [2.75, 3.05) is 5.32 Å². The highest BCUT2D eigenvalue weighted by Gasteiger charge is 2.22. The molecule has 1 N–H and O–H groups in total. The topological polar surface area (TPSA) is 108 Å². The van der Waals surface area contributed by atoms with Crippen LogP contribution in [-0.2, 0) is 17.9 Å². The van der Waals surface area contributed by atoms with Gasteiger partial charge in [0.05, 0.1) is 23.4 Å². The summed E-state index contributed by atoms with van der Waals surface area (Å²) in [6, 6.07) is 7.88. The van der Waals surface area contributed by atoms with Gasteiger partial charge in [-0.3, -0.25) is 24.3 Å². The van der Waals surface area contributed by atoms with Gasteiger partial charge < -0.3 is 5.32 Å². The van der Waals surface area contributed by atoms with Crippen molar-refractivity contribution in [2.45, 2.75) is 26.9 Å². The van der Waals surface area contributed by atoms with E-state index in [1.807, 2.05) is 24.3 Å². The monoisotopic (exact) mass is 432 g/mol. The lowest BCUT2D eigenvalue weighted by molar-refractivity contribution is -0.386. The van der Waals surface area contributed by atoms with Crippen LogP contribution in [0.5, 0.6) is 0 Å². The maximum atomic E-state index is 12.2. The molecular formula is C17H17BrN6O3. The van der Waals surface area contributed by atoms with Crippen molar-refractivity contribution >= 4 is 33.2 Å². The molecule has 3 aromatic rings. The lowest BCUT2D eigenvalue weighted by Gasteiger charge is -2.04. The third kappa shape index (κ3) is 4.40. The summed E-state index contributed by atoms with van der Waals surface area (Å²) >= 11 is 3.39. The molecule has 1 amide bonds. The Kier molecular flexibility index (Phi) is 5.36. The fourth-order valence-corrected chi connectivity index (χ4v) is 3.00. The first kappa shape index (κ1) is 18.8. The van der Waals surface area contributed by atoms with Crippen LogP contribution in [-0.4, -0.2) is 30.4 Å². The number of nitrogens with one attached hydrogen (secondary N) is 1. The number of hydrogen-bond donors (Lipinski definition) is 1. The van der Waals surface area contributed by atoms with Gasteiger partial charge in [-0.15, -0.1) is 0 Å². The lowest BCUT2D eigenvalue weighted by Crippen LogP contribution is -2.20. The number of halogens is 1. The Bertz CT molecular complexity index is 993. The standard InChI is InChI=1S/C17H17BrN6O3/c1-11-17(24(26)27)12(2)23(21-11)10-16(25)20-15-7-19-22(9-15)8-13-3-5-14(18)6-4-13/h3-7,9H,8,10H2,1-2H3,(H,20,25). The predicted molar refractivity (Wildman–Crippen MR) is 102 cm³/mol. The average molecular weight is 433 g/mol. The van der Waals surface area contributed by atoms with E-state index < -0.39 is 4.92 Å². The van der Waals surface area contributed by atoms with Crippen molar-refractivity contribution in [1.29, 1.82) is 0 Å². The minimum absolute atomic E-state index is 0.0647. The van der Waals surface area contributed by atoms with Gasteiger partial charge in [0.25, 0.3) is 0 Å². The van der Waals surface area contributed by atoms with E-state index in [2.05, 4.69) is 31.4 Å². The van der Waals surface area contributed by atoms with E-state index in [-0.39, 0.29) is 23.8 Å². The highest BCUT2D eigenvalue weighted by molar-refractivity contribution is 9.10. The second-order valence-corrected chi connectivity index (χ2v) is 6.95. The number of aromatic nitrogens is 4. The molecule has 0 bridgehead atoms. The fraction of sp³-hybridized carbons (Fsp3) is 0.235. The summed E-state index contributed by atoms with van der Waals surface area (Å²) in [5, 5.41) is 22.1. The van der Waals surface area contributed by atoms with Crippen molar-refractivity contribution in [3.63, 3.8) is 0 Å². The summed E-state index contributed by atoms with van der Waals surface area (Å²) < 4.78 is 4.05. The molecule has 0 atom stereocenters. The third-order valence-electron chi connectivity index (χ3n) is 3.99. The van der Waals surface area contributed by atoms with E-state index in [9.17, 15) is 14.9 Å². The van der Waals surface area contributed by atoms with Crippen molar-refractivity contribution in [2.24, 2.45) is 0 Å². The Balaban J connectivity index is 1.63. The molecule has 10 heteroatoms. The molecule has 1 aromatic carbocycles. The van der Waals surface area contributed by atoms with Crippen LogP contribution in [0.1, 0.15) is 17.0 Å². The zero-order valence-electron chi connectivity index (χ0n) is 14.7. The quantitative estimate of drug-likeness (QED) is 0.475. The Hall–Kier alpha value is -3.01. The second kappa shape index (κ2) is 7.70. The van der Waals surface area contributed by atoms with Crippen LogP contribution in [0.15, 0.2) is 41.1 Å². The number of carbonyl (C=O) groups excluding carboxylic acids is 1. The van der Waals surface area contributed by atoms with Gasteiger partial charge in [0.1, 0.15) is 17.9 Å². The van der Waals surface area contributed by atoms with Crippen LogP contribution >= 0.6 is 15.9 Å². The van der Waals surface area contributed by atoms with E-state index in [1.54, 1.807) is 30.9 Å². The molecular weight excluding hydrogens is 416 g/mol. The first-order chi connectivity index (χ1) is 12.8. The molecule has 0 fully saturated rings. The molecule has 0 saturated carbocycles. The number of hydrogen-bond acceptors (Lipinski definition) is 5. The Morgan fingerprint density at radius 1 is 1.30 bits per heavy atom. The van der Waals surface area contributed by atoms with Crippen LogP contribution in [0.2, 0.25) is 0 Å². The summed E-state index contributed by atoms with van der Waals surface area (Å²) in [5.41, 5.74) is 2.19. The first-order valence-corrected chi connectivity index (χ1v) is 8.88. The molecule has 2 heterocycles. The largest absolute Gasteiger partial charge is 0.322 e. The number of anilines is 1. The molecule has 0 aliphatic heterocycles. The Labute approximate surface area is 163 Å². The van der Waals surface area contributed by atoms with Crippen molar-refractivity contribution in [3.8, 4) is 0 Å². The molecule has 27 heavy (non-hydrogen) atoms. The number of benzene rings is 1. The molecule has 0 saturated heterocycles. The maximum absolute atomic E-state index is 12.2. The smallest absolute Gasteiger partial charge is 0.312 e. The van der Waals surface area contributed by atoms with E-state index >= 15 is 0 Å². The SMILES string of the molecule is Cc1nn(CC(=O)Nc2cnn(Cc3ccc(Br)cc3)c2)c(C)c1[N+](=O)[O-]. The number of carbonyl (C=O) groups is 1. The number of nitro groups is 1. The van der Waals surface area contributed by atoms with Gasteiger partial charge >= 0.3 is 5.69 Å². The number of rotatable bonds is 6. The van der Waals surface area contributed by atoms with Crippen LogP contribution < -0.4 is 5.32 Å². The first-order valence-electron chi connectivity index (χ1n) is 8.08. The van der Waals surface area contributed by atoms with Crippen LogP contribution in [0, 0.1) is 24.0 Å². The molecule has 9 nitrogen and oxygen atoms in total. The van der Waals surface area contributed by atoms with E-state index in [0.717, 1.165) is 10.0 Å². The van der Waals surface area contributed by atoms with Gasteiger partial charge in [0.2, 0.25) is 5.91 Å². The highest BCUT2D eigenvalue weighted by atomic mass is 79.9. The van der Waals surface area contributed by atoms with Gasteiger partial charge in [0, 0.05) is 10.7 Å². The number of nitrogens with zero attached hydrogens (tertiary/aromatic N) is 5. The molecule has 3 rings (SSSR count). The Morgan fingerprint density at radius 3 is 2.63 bits per heavy atom. The van der Waals surface area contributed by atoms with Crippen molar-refractivity contribution < 1.29 is 9.72 Å². The zero-order chi connectivity index (χ0) is 19.6. The van der Waals surface area contributed by atoms with Crippen LogP contribution in [0.25, 0.3) is 0 Å². The van der Waals surface area contributed by atoms with Gasteiger partial charge in [-0.25, -0.2) is 0 Å². The molecule has 0 spiro atoms. The van der Waals surface area contributed by atoms with Crippen molar-refractivity contribution in [1.82, 2.24) is 19.6 Å². The van der Waals surface area contributed by atoms with E-state index in [0.29, 0.717) is 17.9 Å². The summed E-state index contributed by atoms with van der Waals surface area (Å²) in [4.78, 5) is 22.8. The summed E-state index contributed by atoms with van der Waals surface area (Å²) in [6.45, 7) is 3.58. The summed E-state index contributed by atoms with van der Waals surface area (Å²) in [7, 11) is 0. The van der Waals surface area contributed by atoms with Crippen LogP contribution in [0.4, 0.5) is 11.4 Å². The fourth-order valence-electron chi connectivity index (χ4n) is 2.73. The summed E-state index contributed by atoms with van der Waals surface area (Å²) in [5.74, 6) is -0.335. The summed E-state index contributed by atoms with van der Waals surface area (Å²) in [6.07, 6.45) is 3.28. The second-order valence-electron chi connectivity index (χ2n) is 6.04. The third-order valence-corrected chi connectivity index (χ3v) is 4.52. The van der Waals surface area contributed by atoms with Crippen molar-refractivity contribution in [3.05, 3.63) is 68.2 Å². The minimum atomic E-state index is -0.488. The van der Waals surface area contributed by atoms with E-state index in [1.165, 1.54) is 4.68 Å². The van der Waals surface area contributed by atoms with Gasteiger partial charge in [-0.05, 0) is 31.5 Å². The minimum Gasteiger partial charge on any atom is -0.322 e. The van der Waals surface area contributed by atoms with Crippen LogP contribution in [0.3, 0.4) is 0 Å². The number of amides is 1.